The van der Waals surface area contributed by atoms with Crippen LogP contribution < -0.4 is 0 Å². The van der Waals surface area contributed by atoms with E-state index in [1.807, 2.05) is 64.2 Å². The van der Waals surface area contributed by atoms with E-state index in [4.69, 9.17) is 5.10 Å². The zero-order chi connectivity index (χ0) is 21.8. The number of amides is 1. The fraction of sp³-hybridized carbons (Fsp3) is 0.214. The van der Waals surface area contributed by atoms with Crippen LogP contribution >= 0.6 is 0 Å². The van der Waals surface area contributed by atoms with Gasteiger partial charge in [-0.15, -0.1) is 0 Å². The Bertz CT molecular complexity index is 1100. The summed E-state index contributed by atoms with van der Waals surface area (Å²) < 4.78 is 1.88. The van der Waals surface area contributed by atoms with Crippen LogP contribution in [0.25, 0.3) is 16.9 Å². The SMILES string of the molecule is O=C(c1cc(-c2ccccc2)n(-c2ccccc2)n1)N1CCC(Cc2ccccc2)CC1. The van der Waals surface area contributed by atoms with Crippen molar-refractivity contribution in [3.05, 3.63) is 108 Å². The van der Waals surface area contributed by atoms with Crippen molar-refractivity contribution in [2.45, 2.75) is 19.3 Å². The van der Waals surface area contributed by atoms with E-state index >= 15 is 0 Å². The maximum Gasteiger partial charge on any atom is 0.274 e. The molecule has 4 nitrogen and oxygen atoms in total. The smallest absolute Gasteiger partial charge is 0.274 e. The van der Waals surface area contributed by atoms with Crippen LogP contribution in [-0.2, 0) is 6.42 Å². The summed E-state index contributed by atoms with van der Waals surface area (Å²) in [5.74, 6) is 0.651. The molecule has 4 heteroatoms. The topological polar surface area (TPSA) is 38.1 Å². The second-order valence-corrected chi connectivity index (χ2v) is 8.45. The molecule has 1 aliphatic heterocycles. The molecule has 4 aromatic rings. The number of piperidine rings is 1. The molecule has 0 radical (unpaired) electrons. The van der Waals surface area contributed by atoms with Gasteiger partial charge in [-0.1, -0.05) is 78.9 Å². The summed E-state index contributed by atoms with van der Waals surface area (Å²) in [5.41, 5.74) is 4.82. The molecule has 1 aliphatic rings. The Morgan fingerprint density at radius 2 is 1.41 bits per heavy atom. The van der Waals surface area contributed by atoms with Crippen LogP contribution in [-0.4, -0.2) is 33.7 Å². The molecule has 1 aromatic heterocycles. The Hall–Kier alpha value is -3.66. The fourth-order valence-corrected chi connectivity index (χ4v) is 4.52. The number of rotatable bonds is 5. The van der Waals surface area contributed by atoms with E-state index in [2.05, 4.69) is 42.5 Å². The van der Waals surface area contributed by atoms with E-state index in [1.165, 1.54) is 5.56 Å². The van der Waals surface area contributed by atoms with Crippen molar-refractivity contribution in [1.82, 2.24) is 14.7 Å². The Balaban J connectivity index is 1.35. The summed E-state index contributed by atoms with van der Waals surface area (Å²) in [6.45, 7) is 1.57. The average Bonchev–Trinajstić information content (AvgIpc) is 3.31. The summed E-state index contributed by atoms with van der Waals surface area (Å²) in [4.78, 5) is 15.3. The van der Waals surface area contributed by atoms with E-state index in [1.54, 1.807) is 0 Å². The molecular weight excluding hydrogens is 394 g/mol. The van der Waals surface area contributed by atoms with Gasteiger partial charge in [0.15, 0.2) is 5.69 Å². The number of likely N-dealkylation sites (tertiary alicyclic amines) is 1. The summed E-state index contributed by atoms with van der Waals surface area (Å²) in [6, 6.07) is 32.7. The number of carbonyl (C=O) groups excluding carboxylic acids is 1. The molecule has 0 atom stereocenters. The molecule has 3 aromatic carbocycles. The first-order valence-electron chi connectivity index (χ1n) is 11.3. The summed E-state index contributed by atoms with van der Waals surface area (Å²) >= 11 is 0. The van der Waals surface area contributed by atoms with Crippen LogP contribution in [0.4, 0.5) is 0 Å². The van der Waals surface area contributed by atoms with Gasteiger partial charge in [-0.3, -0.25) is 4.79 Å². The molecule has 1 amide bonds. The van der Waals surface area contributed by atoms with E-state index in [0.29, 0.717) is 11.6 Å². The molecule has 5 rings (SSSR count). The van der Waals surface area contributed by atoms with Gasteiger partial charge in [-0.2, -0.15) is 5.10 Å². The van der Waals surface area contributed by atoms with Gasteiger partial charge in [0.1, 0.15) is 0 Å². The van der Waals surface area contributed by atoms with Gasteiger partial charge in [0, 0.05) is 18.7 Å². The van der Waals surface area contributed by atoms with Crippen LogP contribution in [0.3, 0.4) is 0 Å². The first-order chi connectivity index (χ1) is 15.8. The number of hydrogen-bond donors (Lipinski definition) is 0. The second kappa shape index (κ2) is 9.23. The highest BCUT2D eigenvalue weighted by Gasteiger charge is 2.26. The molecule has 0 saturated carbocycles. The molecule has 0 spiro atoms. The zero-order valence-corrected chi connectivity index (χ0v) is 18.1. The van der Waals surface area contributed by atoms with Crippen LogP contribution in [0.15, 0.2) is 97.1 Å². The largest absolute Gasteiger partial charge is 0.337 e. The first-order valence-corrected chi connectivity index (χ1v) is 11.3. The van der Waals surface area contributed by atoms with Gasteiger partial charge in [0.2, 0.25) is 0 Å². The standard InChI is InChI=1S/C28H27N3O/c32-28(30-18-16-23(17-19-30)20-22-10-4-1-5-11-22)26-21-27(24-12-6-2-7-13-24)31(29-26)25-14-8-3-9-15-25/h1-15,21,23H,16-20H2. The van der Waals surface area contributed by atoms with Crippen molar-refractivity contribution < 1.29 is 4.79 Å². The maximum atomic E-state index is 13.3. The van der Waals surface area contributed by atoms with Gasteiger partial charge in [0.25, 0.3) is 5.91 Å². The molecule has 32 heavy (non-hydrogen) atoms. The normalized spacial score (nSPS) is 14.4. The highest BCUT2D eigenvalue weighted by molar-refractivity contribution is 5.93. The Morgan fingerprint density at radius 3 is 2.06 bits per heavy atom. The van der Waals surface area contributed by atoms with Gasteiger partial charge >= 0.3 is 0 Å². The monoisotopic (exact) mass is 421 g/mol. The number of carbonyl (C=O) groups is 1. The summed E-state index contributed by atoms with van der Waals surface area (Å²) in [5, 5.41) is 4.74. The van der Waals surface area contributed by atoms with Gasteiger partial charge < -0.3 is 4.90 Å². The van der Waals surface area contributed by atoms with Crippen molar-refractivity contribution in [2.75, 3.05) is 13.1 Å². The lowest BCUT2D eigenvalue weighted by Crippen LogP contribution is -2.39. The number of nitrogens with zero attached hydrogens (tertiary/aromatic N) is 3. The molecule has 0 aliphatic carbocycles. The van der Waals surface area contributed by atoms with Crippen LogP contribution in [0.1, 0.15) is 28.9 Å². The predicted octanol–water partition coefficient (Wildman–Crippen LogP) is 5.63. The third-order valence-electron chi connectivity index (χ3n) is 6.27. The minimum atomic E-state index is 0.0232. The predicted molar refractivity (Wildman–Crippen MR) is 128 cm³/mol. The Morgan fingerprint density at radius 1 is 0.812 bits per heavy atom. The van der Waals surface area contributed by atoms with Gasteiger partial charge in [0.05, 0.1) is 11.4 Å². The van der Waals surface area contributed by atoms with Gasteiger partial charge in [-0.25, -0.2) is 4.68 Å². The van der Waals surface area contributed by atoms with E-state index in [9.17, 15) is 4.79 Å². The highest BCUT2D eigenvalue weighted by atomic mass is 16.2. The zero-order valence-electron chi connectivity index (χ0n) is 18.1. The Labute approximate surface area is 189 Å². The van der Waals surface area contributed by atoms with Crippen molar-refractivity contribution in [1.29, 1.82) is 0 Å². The van der Waals surface area contributed by atoms with Crippen molar-refractivity contribution >= 4 is 5.91 Å². The highest BCUT2D eigenvalue weighted by Crippen LogP contribution is 2.26. The fourth-order valence-electron chi connectivity index (χ4n) is 4.52. The van der Waals surface area contributed by atoms with Crippen molar-refractivity contribution in [3.8, 4) is 16.9 Å². The van der Waals surface area contributed by atoms with Crippen molar-refractivity contribution in [2.24, 2.45) is 5.92 Å². The van der Waals surface area contributed by atoms with Gasteiger partial charge in [-0.05, 0) is 48.9 Å². The molecule has 2 heterocycles. The minimum Gasteiger partial charge on any atom is -0.337 e. The lowest BCUT2D eigenvalue weighted by atomic mass is 9.90. The van der Waals surface area contributed by atoms with E-state index in [0.717, 1.165) is 49.3 Å². The second-order valence-electron chi connectivity index (χ2n) is 8.45. The number of aromatic nitrogens is 2. The lowest BCUT2D eigenvalue weighted by molar-refractivity contribution is 0.0684. The lowest BCUT2D eigenvalue weighted by Gasteiger charge is -2.31. The van der Waals surface area contributed by atoms with Crippen LogP contribution in [0.2, 0.25) is 0 Å². The molecule has 1 fully saturated rings. The summed E-state index contributed by atoms with van der Waals surface area (Å²) in [7, 11) is 0. The molecule has 1 saturated heterocycles. The summed E-state index contributed by atoms with van der Waals surface area (Å²) in [6.07, 6.45) is 3.15. The van der Waals surface area contributed by atoms with E-state index in [-0.39, 0.29) is 5.91 Å². The third-order valence-corrected chi connectivity index (χ3v) is 6.27. The molecule has 0 unspecified atom stereocenters. The van der Waals surface area contributed by atoms with Crippen molar-refractivity contribution in [3.63, 3.8) is 0 Å². The maximum absolute atomic E-state index is 13.3. The minimum absolute atomic E-state index is 0.0232. The van der Waals surface area contributed by atoms with Crippen LogP contribution in [0.5, 0.6) is 0 Å². The molecule has 0 bridgehead atoms. The molecule has 160 valence electrons. The average molecular weight is 422 g/mol. The molecule has 0 N–H and O–H groups in total. The van der Waals surface area contributed by atoms with Crippen LogP contribution in [0, 0.1) is 5.92 Å². The Kier molecular flexibility index (Phi) is 5.84. The number of hydrogen-bond acceptors (Lipinski definition) is 2. The third kappa shape index (κ3) is 4.35. The molecular formula is C28H27N3O. The van der Waals surface area contributed by atoms with E-state index < -0.39 is 0 Å². The first kappa shape index (κ1) is 20.3. The number of benzene rings is 3. The number of para-hydroxylation sites is 1. The quantitative estimate of drug-likeness (QED) is 0.419.